The van der Waals surface area contributed by atoms with E-state index in [1.165, 1.54) is 0 Å². The summed E-state index contributed by atoms with van der Waals surface area (Å²) in [5, 5.41) is 12.8. The molecule has 0 bridgehead atoms. The van der Waals surface area contributed by atoms with Gasteiger partial charge in [-0.3, -0.25) is 0 Å². The molecule has 0 fully saturated rings. The average molecular weight is 286 g/mol. The van der Waals surface area contributed by atoms with Gasteiger partial charge in [0.25, 0.3) is 0 Å². The molecule has 1 heterocycles. The molecule has 0 atom stereocenters. The predicted octanol–water partition coefficient (Wildman–Crippen LogP) is 2.73. The van der Waals surface area contributed by atoms with Crippen molar-refractivity contribution in [3.05, 3.63) is 36.3 Å². The molecule has 5 nitrogen and oxygen atoms in total. The van der Waals surface area contributed by atoms with Gasteiger partial charge in [-0.25, -0.2) is 9.97 Å². The first-order valence-corrected chi connectivity index (χ1v) is 7.22. The minimum Gasteiger partial charge on any atom is -0.508 e. The van der Waals surface area contributed by atoms with Crippen molar-refractivity contribution < 1.29 is 5.11 Å². The lowest BCUT2D eigenvalue weighted by molar-refractivity contribution is 0.475. The Labute approximate surface area is 125 Å². The fourth-order valence-corrected chi connectivity index (χ4v) is 1.97. The molecule has 0 radical (unpaired) electrons. The minimum atomic E-state index is 0.245. The van der Waals surface area contributed by atoms with E-state index in [2.05, 4.69) is 29.1 Å². The second-order valence-corrected chi connectivity index (χ2v) is 5.26. The van der Waals surface area contributed by atoms with Crippen LogP contribution in [0.5, 0.6) is 5.75 Å². The highest BCUT2D eigenvalue weighted by Gasteiger charge is 2.11. The first-order chi connectivity index (χ1) is 10.1. The highest BCUT2D eigenvalue weighted by atomic mass is 16.3. The molecule has 21 heavy (non-hydrogen) atoms. The second-order valence-electron chi connectivity index (χ2n) is 5.26. The van der Waals surface area contributed by atoms with E-state index in [4.69, 9.17) is 5.73 Å². The van der Waals surface area contributed by atoms with Gasteiger partial charge in [0, 0.05) is 18.0 Å². The topological polar surface area (TPSA) is 84.1 Å². The van der Waals surface area contributed by atoms with E-state index in [9.17, 15) is 5.11 Å². The van der Waals surface area contributed by atoms with Crippen LogP contribution in [0.3, 0.4) is 0 Å². The summed E-state index contributed by atoms with van der Waals surface area (Å²) in [7, 11) is 0. The molecule has 2 rings (SSSR count). The van der Waals surface area contributed by atoms with Crippen LogP contribution in [0.1, 0.15) is 32.0 Å². The maximum atomic E-state index is 9.43. The van der Waals surface area contributed by atoms with E-state index in [0.29, 0.717) is 6.54 Å². The number of benzene rings is 1. The van der Waals surface area contributed by atoms with Gasteiger partial charge in [0.2, 0.25) is 0 Å². The van der Waals surface area contributed by atoms with E-state index in [1.807, 2.05) is 18.3 Å². The molecule has 1 aromatic carbocycles. The number of aromatic nitrogens is 2. The van der Waals surface area contributed by atoms with Gasteiger partial charge in [-0.15, -0.1) is 0 Å². The summed E-state index contributed by atoms with van der Waals surface area (Å²) in [5.41, 5.74) is 8.21. The van der Waals surface area contributed by atoms with Gasteiger partial charge in [-0.05, 0) is 37.2 Å². The number of hydrogen-bond acceptors (Lipinski definition) is 5. The Bertz CT molecular complexity index is 581. The van der Waals surface area contributed by atoms with E-state index >= 15 is 0 Å². The van der Waals surface area contributed by atoms with Crippen LogP contribution in [0.25, 0.3) is 11.3 Å². The van der Waals surface area contributed by atoms with E-state index in [-0.39, 0.29) is 11.7 Å². The van der Waals surface area contributed by atoms with Gasteiger partial charge in [0.15, 0.2) is 0 Å². The monoisotopic (exact) mass is 286 g/mol. The largest absolute Gasteiger partial charge is 0.508 e. The molecule has 0 spiro atoms. The highest BCUT2D eigenvalue weighted by Crippen LogP contribution is 2.28. The van der Waals surface area contributed by atoms with Gasteiger partial charge in [-0.2, -0.15) is 0 Å². The van der Waals surface area contributed by atoms with Gasteiger partial charge >= 0.3 is 0 Å². The lowest BCUT2D eigenvalue weighted by atomic mass is 10.1. The number of aromatic hydroxyl groups is 1. The summed E-state index contributed by atoms with van der Waals surface area (Å²) < 4.78 is 0. The van der Waals surface area contributed by atoms with Crippen molar-refractivity contribution in [2.45, 2.75) is 26.2 Å². The molecule has 112 valence electrons. The average Bonchev–Trinajstić information content (AvgIpc) is 2.48. The third kappa shape index (κ3) is 3.92. The summed E-state index contributed by atoms with van der Waals surface area (Å²) in [4.78, 5) is 9.07. The van der Waals surface area contributed by atoms with E-state index < -0.39 is 0 Å². The lowest BCUT2D eigenvalue weighted by Crippen LogP contribution is -2.11. The van der Waals surface area contributed by atoms with Crippen LogP contribution >= 0.6 is 0 Å². The molecule has 0 saturated heterocycles. The highest BCUT2D eigenvalue weighted by molar-refractivity contribution is 5.74. The van der Waals surface area contributed by atoms with Crippen molar-refractivity contribution in [2.75, 3.05) is 18.4 Å². The van der Waals surface area contributed by atoms with Crippen molar-refractivity contribution in [3.63, 3.8) is 0 Å². The van der Waals surface area contributed by atoms with Crippen LogP contribution < -0.4 is 11.1 Å². The van der Waals surface area contributed by atoms with Crippen molar-refractivity contribution in [1.29, 1.82) is 0 Å². The molecule has 0 aliphatic heterocycles. The smallest absolute Gasteiger partial charge is 0.131 e. The third-order valence-electron chi connectivity index (χ3n) is 3.16. The van der Waals surface area contributed by atoms with Crippen LogP contribution in [0.2, 0.25) is 0 Å². The molecule has 0 unspecified atom stereocenters. The van der Waals surface area contributed by atoms with Crippen molar-refractivity contribution in [3.8, 4) is 17.0 Å². The SMILES string of the molecule is CC(C)c1ncc(NCCCN)c(-c2ccc(O)cc2)n1. The van der Waals surface area contributed by atoms with Crippen molar-refractivity contribution in [2.24, 2.45) is 5.73 Å². The maximum Gasteiger partial charge on any atom is 0.131 e. The Morgan fingerprint density at radius 2 is 1.95 bits per heavy atom. The number of hydrogen-bond donors (Lipinski definition) is 3. The Kier molecular flexibility index (Phi) is 5.11. The molecule has 0 amide bonds. The summed E-state index contributed by atoms with van der Waals surface area (Å²) in [6.07, 6.45) is 2.71. The summed E-state index contributed by atoms with van der Waals surface area (Å²) in [5.74, 6) is 1.32. The number of nitrogens with two attached hydrogens (primary N) is 1. The summed E-state index contributed by atoms with van der Waals surface area (Å²) in [6.45, 7) is 5.56. The number of nitrogens with one attached hydrogen (secondary N) is 1. The van der Waals surface area contributed by atoms with Crippen molar-refractivity contribution >= 4 is 5.69 Å². The second kappa shape index (κ2) is 7.04. The van der Waals surface area contributed by atoms with Crippen LogP contribution in [0.15, 0.2) is 30.5 Å². The summed E-state index contributed by atoms with van der Waals surface area (Å²) in [6, 6.07) is 7.04. The molecule has 5 heteroatoms. The Balaban J connectivity index is 2.37. The predicted molar refractivity (Wildman–Crippen MR) is 85.4 cm³/mol. The number of nitrogens with zero attached hydrogens (tertiary/aromatic N) is 2. The fraction of sp³-hybridized carbons (Fsp3) is 0.375. The number of rotatable bonds is 6. The molecular weight excluding hydrogens is 264 g/mol. The Morgan fingerprint density at radius 3 is 2.57 bits per heavy atom. The molecule has 2 aromatic rings. The van der Waals surface area contributed by atoms with Gasteiger partial charge in [0.1, 0.15) is 11.6 Å². The summed E-state index contributed by atoms with van der Waals surface area (Å²) >= 11 is 0. The van der Waals surface area contributed by atoms with Crippen LogP contribution in [-0.2, 0) is 0 Å². The van der Waals surface area contributed by atoms with E-state index in [0.717, 1.165) is 35.7 Å². The van der Waals surface area contributed by atoms with Gasteiger partial charge in [-0.1, -0.05) is 13.8 Å². The Morgan fingerprint density at radius 1 is 1.24 bits per heavy atom. The molecular formula is C16H22N4O. The zero-order chi connectivity index (χ0) is 15.2. The number of phenols is 1. The van der Waals surface area contributed by atoms with Crippen molar-refractivity contribution in [1.82, 2.24) is 9.97 Å². The first-order valence-electron chi connectivity index (χ1n) is 7.22. The van der Waals surface area contributed by atoms with E-state index in [1.54, 1.807) is 12.1 Å². The minimum absolute atomic E-state index is 0.245. The van der Waals surface area contributed by atoms with Gasteiger partial charge < -0.3 is 16.2 Å². The zero-order valence-electron chi connectivity index (χ0n) is 12.5. The quantitative estimate of drug-likeness (QED) is 0.711. The number of anilines is 1. The normalized spacial score (nSPS) is 10.9. The molecule has 1 aromatic heterocycles. The van der Waals surface area contributed by atoms with Gasteiger partial charge in [0.05, 0.1) is 17.6 Å². The molecule has 0 aliphatic carbocycles. The molecule has 0 saturated carbocycles. The zero-order valence-corrected chi connectivity index (χ0v) is 12.5. The molecule has 0 aliphatic rings. The maximum absolute atomic E-state index is 9.43. The van der Waals surface area contributed by atoms with Crippen LogP contribution in [-0.4, -0.2) is 28.2 Å². The standard InChI is InChI=1S/C16H22N4O/c1-11(2)16-19-10-14(18-9-3-8-17)15(20-16)12-4-6-13(21)7-5-12/h4-7,10-11,18,21H,3,8-9,17H2,1-2H3. The van der Waals surface area contributed by atoms with Crippen LogP contribution in [0, 0.1) is 0 Å². The number of phenolic OH excluding ortho intramolecular Hbond substituents is 1. The lowest BCUT2D eigenvalue weighted by Gasteiger charge is -2.13. The first kappa shape index (κ1) is 15.3. The third-order valence-corrected chi connectivity index (χ3v) is 3.16. The Hall–Kier alpha value is -2.14. The van der Waals surface area contributed by atoms with Crippen LogP contribution in [0.4, 0.5) is 5.69 Å². The fourth-order valence-electron chi connectivity index (χ4n) is 1.97. The molecule has 4 N–H and O–H groups in total.